The molecule has 3 N–H and O–H groups in total. The van der Waals surface area contributed by atoms with Crippen LogP contribution in [-0.4, -0.2) is 32.6 Å². The molecule has 1 amide bonds. The van der Waals surface area contributed by atoms with Gasteiger partial charge in [-0.1, -0.05) is 18.2 Å². The molecule has 0 fully saturated rings. The Bertz CT molecular complexity index is 728. The minimum atomic E-state index is -3.69. The van der Waals surface area contributed by atoms with Crippen LogP contribution in [0.1, 0.15) is 10.4 Å². The van der Waals surface area contributed by atoms with Crippen LogP contribution in [0.3, 0.4) is 0 Å². The molecule has 0 aliphatic carbocycles. The molecule has 0 aliphatic heterocycles. The van der Waals surface area contributed by atoms with Crippen molar-refractivity contribution in [1.82, 2.24) is 5.32 Å². The molecule has 7 heteroatoms. The fourth-order valence-electron chi connectivity index (χ4n) is 1.78. The monoisotopic (exact) mass is 320 g/mol. The number of carbonyl (C=O) groups excluding carboxylic acids is 1. The summed E-state index contributed by atoms with van der Waals surface area (Å²) < 4.78 is 26.9. The molecule has 0 unspecified atom stereocenters. The van der Waals surface area contributed by atoms with Crippen molar-refractivity contribution in [3.8, 4) is 0 Å². The number of nitrogens with one attached hydrogen (secondary N) is 2. The van der Waals surface area contributed by atoms with E-state index in [1.165, 1.54) is 24.3 Å². The van der Waals surface area contributed by atoms with Gasteiger partial charge in [-0.25, -0.2) is 8.42 Å². The Morgan fingerprint density at radius 1 is 1.00 bits per heavy atom. The van der Waals surface area contributed by atoms with Crippen LogP contribution in [0.2, 0.25) is 0 Å². The van der Waals surface area contributed by atoms with Gasteiger partial charge in [-0.05, 0) is 36.4 Å². The number of sulfonamides is 1. The lowest BCUT2D eigenvalue weighted by atomic mass is 10.2. The molecule has 0 saturated heterocycles. The Hall–Kier alpha value is -2.38. The molecule has 0 saturated carbocycles. The lowest BCUT2D eigenvalue weighted by Gasteiger charge is -2.09. The van der Waals surface area contributed by atoms with Gasteiger partial charge in [-0.2, -0.15) is 0 Å². The van der Waals surface area contributed by atoms with E-state index in [0.717, 1.165) is 0 Å². The maximum Gasteiger partial charge on any atom is 0.261 e. The first-order valence-electron chi connectivity index (χ1n) is 6.60. The third-order valence-corrected chi connectivity index (χ3v) is 4.25. The summed E-state index contributed by atoms with van der Waals surface area (Å²) in [7, 11) is -3.69. The average molecular weight is 320 g/mol. The number of rotatable bonds is 6. The van der Waals surface area contributed by atoms with E-state index in [-0.39, 0.29) is 24.0 Å². The number of hydrogen-bond acceptors (Lipinski definition) is 4. The lowest BCUT2D eigenvalue weighted by Crippen LogP contribution is -2.26. The molecule has 2 aromatic rings. The van der Waals surface area contributed by atoms with Crippen molar-refractivity contribution in [2.75, 3.05) is 17.9 Å². The van der Waals surface area contributed by atoms with Crippen molar-refractivity contribution >= 4 is 21.6 Å². The fraction of sp³-hybridized carbons (Fsp3) is 0.133. The van der Waals surface area contributed by atoms with Crippen LogP contribution in [0, 0.1) is 0 Å². The number of para-hydroxylation sites is 1. The van der Waals surface area contributed by atoms with Gasteiger partial charge in [0.05, 0.1) is 11.5 Å². The maximum atomic E-state index is 12.2. The first kappa shape index (κ1) is 16.0. The molecule has 0 heterocycles. The van der Waals surface area contributed by atoms with Gasteiger partial charge < -0.3 is 10.4 Å². The smallest absolute Gasteiger partial charge is 0.261 e. The Labute approximate surface area is 128 Å². The van der Waals surface area contributed by atoms with Gasteiger partial charge in [0.15, 0.2) is 0 Å². The van der Waals surface area contributed by atoms with Crippen LogP contribution in [0.15, 0.2) is 59.5 Å². The van der Waals surface area contributed by atoms with Crippen LogP contribution >= 0.6 is 0 Å². The molecule has 0 spiro atoms. The van der Waals surface area contributed by atoms with Crippen molar-refractivity contribution in [3.63, 3.8) is 0 Å². The lowest BCUT2D eigenvalue weighted by molar-refractivity contribution is 0.0944. The van der Waals surface area contributed by atoms with E-state index in [1.807, 2.05) is 0 Å². The second-order valence-electron chi connectivity index (χ2n) is 4.48. The predicted octanol–water partition coefficient (Wildman–Crippen LogP) is 1.21. The van der Waals surface area contributed by atoms with Gasteiger partial charge in [0.2, 0.25) is 0 Å². The first-order chi connectivity index (χ1) is 10.5. The number of amides is 1. The highest BCUT2D eigenvalue weighted by atomic mass is 32.2. The number of anilines is 1. The molecular formula is C15H16N2O4S. The zero-order valence-corrected chi connectivity index (χ0v) is 12.5. The Balaban J connectivity index is 2.14. The minimum Gasteiger partial charge on any atom is -0.395 e. The highest BCUT2D eigenvalue weighted by molar-refractivity contribution is 7.92. The van der Waals surface area contributed by atoms with Crippen molar-refractivity contribution in [2.45, 2.75) is 4.90 Å². The van der Waals surface area contributed by atoms with Gasteiger partial charge in [0, 0.05) is 17.8 Å². The molecule has 0 bridgehead atoms. The largest absolute Gasteiger partial charge is 0.395 e. The molecule has 0 radical (unpaired) electrons. The zero-order valence-electron chi connectivity index (χ0n) is 11.7. The van der Waals surface area contributed by atoms with Crippen LogP contribution in [0.25, 0.3) is 0 Å². The molecule has 2 aromatic carbocycles. The normalized spacial score (nSPS) is 11.0. The third-order valence-electron chi connectivity index (χ3n) is 2.85. The second-order valence-corrected chi connectivity index (χ2v) is 6.16. The second kappa shape index (κ2) is 7.06. The summed E-state index contributed by atoms with van der Waals surface area (Å²) in [6.45, 7) is -0.00630. The highest BCUT2D eigenvalue weighted by Gasteiger charge is 2.15. The summed E-state index contributed by atoms with van der Waals surface area (Å²) >= 11 is 0. The molecule has 116 valence electrons. The van der Waals surface area contributed by atoms with E-state index in [9.17, 15) is 13.2 Å². The van der Waals surface area contributed by atoms with E-state index >= 15 is 0 Å². The summed E-state index contributed by atoms with van der Waals surface area (Å²) in [5.41, 5.74) is 0.791. The topological polar surface area (TPSA) is 95.5 Å². The van der Waals surface area contributed by atoms with Crippen LogP contribution in [0.5, 0.6) is 0 Å². The SMILES string of the molecule is O=C(NCCO)c1ccc(S(=O)(=O)Nc2ccccc2)cc1. The van der Waals surface area contributed by atoms with Crippen LogP contribution < -0.4 is 10.0 Å². The van der Waals surface area contributed by atoms with Crippen LogP contribution in [-0.2, 0) is 10.0 Å². The number of carbonyl (C=O) groups is 1. The molecule has 2 rings (SSSR count). The van der Waals surface area contributed by atoms with E-state index < -0.39 is 10.0 Å². The number of benzene rings is 2. The predicted molar refractivity (Wildman–Crippen MR) is 83.1 cm³/mol. The molecule has 0 atom stereocenters. The minimum absolute atomic E-state index is 0.0649. The summed E-state index contributed by atoms with van der Waals surface area (Å²) in [5.74, 6) is -0.367. The van der Waals surface area contributed by atoms with Crippen molar-refractivity contribution in [2.24, 2.45) is 0 Å². The maximum absolute atomic E-state index is 12.2. The fourth-order valence-corrected chi connectivity index (χ4v) is 2.84. The van der Waals surface area contributed by atoms with E-state index in [1.54, 1.807) is 30.3 Å². The van der Waals surface area contributed by atoms with E-state index in [0.29, 0.717) is 11.3 Å². The highest BCUT2D eigenvalue weighted by Crippen LogP contribution is 2.16. The van der Waals surface area contributed by atoms with Crippen LogP contribution in [0.4, 0.5) is 5.69 Å². The van der Waals surface area contributed by atoms with Gasteiger partial charge in [0.1, 0.15) is 0 Å². The summed E-state index contributed by atoms with van der Waals surface area (Å²) in [6.07, 6.45) is 0. The molecular weight excluding hydrogens is 304 g/mol. The molecule has 0 aromatic heterocycles. The van der Waals surface area contributed by atoms with Gasteiger partial charge in [0.25, 0.3) is 15.9 Å². The summed E-state index contributed by atoms with van der Waals surface area (Å²) in [4.78, 5) is 11.7. The van der Waals surface area contributed by atoms with E-state index in [2.05, 4.69) is 10.0 Å². The standard InChI is InChI=1S/C15H16N2O4S/c18-11-10-16-15(19)12-6-8-14(9-7-12)22(20,21)17-13-4-2-1-3-5-13/h1-9,17-18H,10-11H2,(H,16,19). The van der Waals surface area contributed by atoms with E-state index in [4.69, 9.17) is 5.11 Å². The number of hydrogen-bond donors (Lipinski definition) is 3. The van der Waals surface area contributed by atoms with Gasteiger partial charge in [-0.15, -0.1) is 0 Å². The van der Waals surface area contributed by atoms with Gasteiger partial charge >= 0.3 is 0 Å². The first-order valence-corrected chi connectivity index (χ1v) is 8.08. The summed E-state index contributed by atoms with van der Waals surface area (Å²) in [5, 5.41) is 11.1. The molecule has 6 nitrogen and oxygen atoms in total. The van der Waals surface area contributed by atoms with Gasteiger partial charge in [-0.3, -0.25) is 9.52 Å². The zero-order chi connectivity index (χ0) is 16.0. The Kier molecular flexibility index (Phi) is 5.13. The van der Waals surface area contributed by atoms with Crippen molar-refractivity contribution in [1.29, 1.82) is 0 Å². The average Bonchev–Trinajstić information content (AvgIpc) is 2.53. The quantitative estimate of drug-likeness (QED) is 0.745. The van der Waals surface area contributed by atoms with Crippen molar-refractivity contribution in [3.05, 3.63) is 60.2 Å². The molecule has 22 heavy (non-hydrogen) atoms. The number of aliphatic hydroxyl groups excluding tert-OH is 1. The number of aliphatic hydroxyl groups is 1. The Morgan fingerprint density at radius 3 is 2.23 bits per heavy atom. The third kappa shape index (κ3) is 4.06. The van der Waals surface area contributed by atoms with Crippen molar-refractivity contribution < 1.29 is 18.3 Å². The Morgan fingerprint density at radius 2 is 1.64 bits per heavy atom. The molecule has 0 aliphatic rings. The summed E-state index contributed by atoms with van der Waals surface area (Å²) in [6, 6.07) is 14.1.